The Kier molecular flexibility index (Phi) is 4.99. The fraction of sp³-hybridized carbons (Fsp3) is 0.111. The number of fused-ring (bicyclic) bond motifs is 1. The van der Waals surface area contributed by atoms with Crippen LogP contribution in [0.5, 0.6) is 0 Å². The van der Waals surface area contributed by atoms with Crippen molar-refractivity contribution in [2.45, 2.75) is 4.90 Å². The van der Waals surface area contributed by atoms with E-state index in [4.69, 9.17) is 4.84 Å². The maximum Gasteiger partial charge on any atom is 0.264 e. The summed E-state index contributed by atoms with van der Waals surface area (Å²) in [6.07, 6.45) is 1.68. The maximum atomic E-state index is 12.6. The number of sulfonamides is 1. The van der Waals surface area contributed by atoms with Gasteiger partial charge in [-0.25, -0.2) is 8.42 Å². The minimum Gasteiger partial charge on any atom is -0.321 e. The Labute approximate surface area is 151 Å². The SMILES string of the molecule is CON(C)S(=O)(=O)c1cccc(C(=O)Nc2cccc3ncccc23)c1. The van der Waals surface area contributed by atoms with E-state index in [-0.39, 0.29) is 10.5 Å². The summed E-state index contributed by atoms with van der Waals surface area (Å²) in [5, 5.41) is 3.60. The molecule has 8 heteroatoms. The molecule has 0 saturated heterocycles. The molecule has 0 bridgehead atoms. The lowest BCUT2D eigenvalue weighted by molar-refractivity contribution is -0.0258. The Balaban J connectivity index is 1.93. The number of hydrogen-bond acceptors (Lipinski definition) is 5. The lowest BCUT2D eigenvalue weighted by atomic mass is 10.1. The van der Waals surface area contributed by atoms with E-state index < -0.39 is 15.9 Å². The van der Waals surface area contributed by atoms with Crippen molar-refractivity contribution in [1.82, 2.24) is 9.45 Å². The third kappa shape index (κ3) is 3.43. The predicted molar refractivity (Wildman–Crippen MR) is 98.1 cm³/mol. The number of hydroxylamine groups is 1. The summed E-state index contributed by atoms with van der Waals surface area (Å²) in [4.78, 5) is 21.6. The number of pyridine rings is 1. The van der Waals surface area contributed by atoms with Crippen LogP contribution in [0.4, 0.5) is 5.69 Å². The molecule has 0 radical (unpaired) electrons. The van der Waals surface area contributed by atoms with Crippen molar-refractivity contribution in [2.24, 2.45) is 0 Å². The minimum atomic E-state index is -3.83. The number of carbonyl (C=O) groups excluding carboxylic acids is 1. The van der Waals surface area contributed by atoms with E-state index in [0.29, 0.717) is 5.69 Å². The fourth-order valence-electron chi connectivity index (χ4n) is 2.45. The van der Waals surface area contributed by atoms with Crippen LogP contribution >= 0.6 is 0 Å². The van der Waals surface area contributed by atoms with Crippen LogP contribution in [0.15, 0.2) is 65.7 Å². The van der Waals surface area contributed by atoms with Crippen LogP contribution in [0, 0.1) is 0 Å². The summed E-state index contributed by atoms with van der Waals surface area (Å²) in [7, 11) is -1.30. The number of nitrogens with one attached hydrogen (secondary N) is 1. The van der Waals surface area contributed by atoms with Crippen molar-refractivity contribution in [1.29, 1.82) is 0 Å². The van der Waals surface area contributed by atoms with Gasteiger partial charge in [0.15, 0.2) is 0 Å². The summed E-state index contributed by atoms with van der Waals surface area (Å²) in [6.45, 7) is 0. The summed E-state index contributed by atoms with van der Waals surface area (Å²) < 4.78 is 25.4. The normalized spacial score (nSPS) is 11.7. The molecular weight excluding hydrogens is 354 g/mol. The van der Waals surface area contributed by atoms with E-state index in [0.717, 1.165) is 15.4 Å². The first-order chi connectivity index (χ1) is 12.4. The van der Waals surface area contributed by atoms with Crippen LogP contribution in [0.25, 0.3) is 10.9 Å². The van der Waals surface area contributed by atoms with Gasteiger partial charge >= 0.3 is 0 Å². The van der Waals surface area contributed by atoms with Gasteiger partial charge in [0.25, 0.3) is 15.9 Å². The van der Waals surface area contributed by atoms with Gasteiger partial charge in [-0.1, -0.05) is 16.6 Å². The molecule has 0 aliphatic carbocycles. The Hall–Kier alpha value is -2.81. The summed E-state index contributed by atoms with van der Waals surface area (Å²) in [5.74, 6) is -0.418. The van der Waals surface area contributed by atoms with Crippen LogP contribution < -0.4 is 5.32 Å². The molecule has 0 unspecified atom stereocenters. The molecule has 0 spiro atoms. The van der Waals surface area contributed by atoms with Crippen LogP contribution in [-0.2, 0) is 14.9 Å². The van der Waals surface area contributed by atoms with Crippen LogP contribution in [0.2, 0.25) is 0 Å². The van der Waals surface area contributed by atoms with Gasteiger partial charge in [-0.05, 0) is 42.5 Å². The number of amides is 1. The third-order valence-electron chi connectivity index (χ3n) is 3.88. The topological polar surface area (TPSA) is 88.6 Å². The Morgan fingerprint density at radius 3 is 2.65 bits per heavy atom. The van der Waals surface area contributed by atoms with Gasteiger partial charge in [-0.3, -0.25) is 14.6 Å². The second-order valence-corrected chi connectivity index (χ2v) is 7.39. The van der Waals surface area contributed by atoms with Gasteiger partial charge in [-0.15, -0.1) is 0 Å². The van der Waals surface area contributed by atoms with Crippen molar-refractivity contribution in [3.63, 3.8) is 0 Å². The molecule has 0 fully saturated rings. The molecule has 0 atom stereocenters. The first-order valence-corrected chi connectivity index (χ1v) is 9.15. The first-order valence-electron chi connectivity index (χ1n) is 7.71. The number of benzene rings is 2. The average Bonchev–Trinajstić information content (AvgIpc) is 2.67. The lowest BCUT2D eigenvalue weighted by Crippen LogP contribution is -2.26. The lowest BCUT2D eigenvalue weighted by Gasteiger charge is -2.14. The van der Waals surface area contributed by atoms with Gasteiger partial charge in [0.1, 0.15) is 0 Å². The van der Waals surface area contributed by atoms with Crippen LogP contribution in [0.1, 0.15) is 10.4 Å². The number of anilines is 1. The van der Waals surface area contributed by atoms with Gasteiger partial charge in [-0.2, -0.15) is 0 Å². The van der Waals surface area contributed by atoms with Gasteiger partial charge < -0.3 is 5.32 Å². The predicted octanol–water partition coefficient (Wildman–Crippen LogP) is 2.67. The van der Waals surface area contributed by atoms with Crippen molar-refractivity contribution in [2.75, 3.05) is 19.5 Å². The van der Waals surface area contributed by atoms with Gasteiger partial charge in [0.05, 0.1) is 23.2 Å². The molecule has 1 N–H and O–H groups in total. The zero-order valence-corrected chi connectivity index (χ0v) is 15.0. The van der Waals surface area contributed by atoms with Gasteiger partial charge in [0, 0.05) is 24.2 Å². The molecule has 134 valence electrons. The van der Waals surface area contributed by atoms with E-state index in [1.165, 1.54) is 32.4 Å². The number of rotatable bonds is 5. The molecule has 3 rings (SSSR count). The molecule has 2 aromatic carbocycles. The molecule has 1 aromatic heterocycles. The molecule has 0 saturated carbocycles. The minimum absolute atomic E-state index is 0.0333. The molecule has 3 aromatic rings. The highest BCUT2D eigenvalue weighted by atomic mass is 32.2. The Morgan fingerprint density at radius 2 is 1.88 bits per heavy atom. The van der Waals surface area contributed by atoms with Crippen molar-refractivity contribution in [3.8, 4) is 0 Å². The van der Waals surface area contributed by atoms with Crippen molar-refractivity contribution in [3.05, 3.63) is 66.4 Å². The summed E-state index contributed by atoms with van der Waals surface area (Å²) >= 11 is 0. The van der Waals surface area contributed by atoms with E-state index in [9.17, 15) is 13.2 Å². The van der Waals surface area contributed by atoms with Crippen LogP contribution in [0.3, 0.4) is 0 Å². The second kappa shape index (κ2) is 7.20. The zero-order valence-electron chi connectivity index (χ0n) is 14.2. The van der Waals surface area contributed by atoms with Crippen molar-refractivity contribution < 1.29 is 18.0 Å². The monoisotopic (exact) mass is 371 g/mol. The largest absolute Gasteiger partial charge is 0.321 e. The fourth-order valence-corrected chi connectivity index (χ4v) is 3.47. The summed E-state index contributed by atoms with van der Waals surface area (Å²) in [6, 6.07) is 14.8. The molecular formula is C18H17N3O4S. The standard InChI is InChI=1S/C18H17N3O4S/c1-21(25-2)26(23,24)14-7-3-6-13(12-14)18(22)20-17-10-4-9-16-15(17)8-5-11-19-16/h3-12H,1-2H3,(H,20,22). The smallest absolute Gasteiger partial charge is 0.264 e. The molecule has 0 aliphatic heterocycles. The Morgan fingerprint density at radius 1 is 1.12 bits per heavy atom. The van der Waals surface area contributed by atoms with Gasteiger partial charge in [0.2, 0.25) is 0 Å². The highest BCUT2D eigenvalue weighted by Crippen LogP contribution is 2.23. The highest BCUT2D eigenvalue weighted by Gasteiger charge is 2.22. The second-order valence-electron chi connectivity index (χ2n) is 5.45. The number of nitrogens with zero attached hydrogens (tertiary/aromatic N) is 2. The van der Waals surface area contributed by atoms with Crippen LogP contribution in [-0.4, -0.2) is 37.9 Å². The number of aromatic nitrogens is 1. The molecule has 1 heterocycles. The average molecular weight is 371 g/mol. The number of carbonyl (C=O) groups is 1. The molecule has 7 nitrogen and oxygen atoms in total. The Bertz CT molecular complexity index is 1060. The van der Waals surface area contributed by atoms with Crippen molar-refractivity contribution >= 4 is 32.5 Å². The van der Waals surface area contributed by atoms with E-state index >= 15 is 0 Å². The number of hydrogen-bond donors (Lipinski definition) is 1. The molecule has 26 heavy (non-hydrogen) atoms. The molecule has 0 aliphatic rings. The zero-order chi connectivity index (χ0) is 18.7. The third-order valence-corrected chi connectivity index (χ3v) is 5.56. The molecule has 1 amide bonds. The van der Waals surface area contributed by atoms with E-state index in [2.05, 4.69) is 10.3 Å². The maximum absolute atomic E-state index is 12.6. The highest BCUT2D eigenvalue weighted by molar-refractivity contribution is 7.89. The van der Waals surface area contributed by atoms with E-state index in [1.807, 2.05) is 12.1 Å². The first kappa shape index (κ1) is 18.0. The quantitative estimate of drug-likeness (QED) is 0.697. The summed E-state index contributed by atoms with van der Waals surface area (Å²) in [5.41, 5.74) is 1.57. The van der Waals surface area contributed by atoms with E-state index in [1.54, 1.807) is 30.5 Å².